The van der Waals surface area contributed by atoms with Crippen LogP contribution in [0.1, 0.15) is 5.82 Å². The lowest BCUT2D eigenvalue weighted by Crippen LogP contribution is -2.08. The summed E-state index contributed by atoms with van der Waals surface area (Å²) < 4.78 is 3.60. The second-order valence-corrected chi connectivity index (χ2v) is 4.08. The Morgan fingerprint density at radius 3 is 2.89 bits per heavy atom. The Hall–Kier alpha value is -2.70. The van der Waals surface area contributed by atoms with E-state index < -0.39 is 0 Å². The Morgan fingerprint density at radius 2 is 2.16 bits per heavy atom. The van der Waals surface area contributed by atoms with Crippen LogP contribution in [-0.2, 0) is 13.6 Å². The lowest BCUT2D eigenvalue weighted by molar-refractivity contribution is 0.785. The van der Waals surface area contributed by atoms with E-state index in [1.54, 1.807) is 17.2 Å². The van der Waals surface area contributed by atoms with Crippen LogP contribution < -0.4 is 5.32 Å². The van der Waals surface area contributed by atoms with Crippen molar-refractivity contribution >= 4 is 5.69 Å². The Morgan fingerprint density at radius 1 is 1.26 bits per heavy atom. The summed E-state index contributed by atoms with van der Waals surface area (Å²) in [5, 5.41) is 14.6. The summed E-state index contributed by atoms with van der Waals surface area (Å²) in [4.78, 5) is 4.28. The maximum atomic E-state index is 4.28. The summed E-state index contributed by atoms with van der Waals surface area (Å²) in [7, 11) is 1.97. The van der Waals surface area contributed by atoms with E-state index in [-0.39, 0.29) is 0 Å². The minimum absolute atomic E-state index is 0.642. The summed E-state index contributed by atoms with van der Waals surface area (Å²) in [5.74, 6) is 0.964. The van der Waals surface area contributed by atoms with Gasteiger partial charge in [-0.2, -0.15) is 4.68 Å². The van der Waals surface area contributed by atoms with Crippen LogP contribution in [0.4, 0.5) is 5.69 Å². The molecule has 0 atom stereocenters. The van der Waals surface area contributed by atoms with Crippen LogP contribution in [0.5, 0.6) is 0 Å². The second-order valence-electron chi connectivity index (χ2n) is 4.08. The van der Waals surface area contributed by atoms with Crippen molar-refractivity contribution in [3.05, 3.63) is 48.8 Å². The smallest absolute Gasteiger partial charge is 0.143 e. The van der Waals surface area contributed by atoms with Crippen LogP contribution in [0.15, 0.2) is 43.0 Å². The van der Waals surface area contributed by atoms with Crippen molar-refractivity contribution in [3.8, 4) is 5.69 Å². The second kappa shape index (κ2) is 4.89. The molecule has 0 saturated heterocycles. The summed E-state index contributed by atoms with van der Waals surface area (Å²) in [6.07, 6.45) is 5.27. The molecule has 1 aromatic carbocycles. The van der Waals surface area contributed by atoms with Crippen LogP contribution in [0.25, 0.3) is 5.69 Å². The first kappa shape index (κ1) is 11.4. The highest BCUT2D eigenvalue weighted by Gasteiger charge is 2.06. The van der Waals surface area contributed by atoms with Crippen LogP contribution in [0.2, 0.25) is 0 Å². The first-order valence-electron chi connectivity index (χ1n) is 5.87. The Bertz CT molecular complexity index is 656. The van der Waals surface area contributed by atoms with Crippen molar-refractivity contribution in [1.82, 2.24) is 29.8 Å². The zero-order chi connectivity index (χ0) is 13.1. The molecular weight excluding hydrogens is 242 g/mol. The van der Waals surface area contributed by atoms with Crippen molar-refractivity contribution in [2.75, 3.05) is 5.32 Å². The molecule has 7 heteroatoms. The van der Waals surface area contributed by atoms with Crippen LogP contribution in [-0.4, -0.2) is 29.8 Å². The molecule has 2 heterocycles. The minimum atomic E-state index is 0.642. The Labute approximate surface area is 109 Å². The van der Waals surface area contributed by atoms with Gasteiger partial charge in [0.25, 0.3) is 0 Å². The van der Waals surface area contributed by atoms with Crippen molar-refractivity contribution < 1.29 is 0 Å². The number of nitrogens with one attached hydrogen (secondary N) is 1. The van der Waals surface area contributed by atoms with E-state index in [4.69, 9.17) is 0 Å². The summed E-state index contributed by atoms with van der Waals surface area (Å²) >= 11 is 0. The molecule has 0 bridgehead atoms. The van der Waals surface area contributed by atoms with Gasteiger partial charge in [-0.3, -0.25) is 0 Å². The van der Waals surface area contributed by atoms with Gasteiger partial charge in [0.15, 0.2) is 0 Å². The van der Waals surface area contributed by atoms with E-state index in [9.17, 15) is 0 Å². The molecular formula is C12H13N7. The van der Waals surface area contributed by atoms with E-state index in [0.717, 1.165) is 17.2 Å². The number of benzene rings is 1. The number of nitrogens with zero attached hydrogens (tertiary/aromatic N) is 6. The van der Waals surface area contributed by atoms with E-state index in [2.05, 4.69) is 25.8 Å². The van der Waals surface area contributed by atoms with Crippen molar-refractivity contribution in [2.45, 2.75) is 6.54 Å². The fraction of sp³-hybridized carbons (Fsp3) is 0.167. The molecule has 0 aliphatic carbocycles. The number of anilines is 1. The van der Waals surface area contributed by atoms with E-state index in [1.807, 2.05) is 42.1 Å². The predicted molar refractivity (Wildman–Crippen MR) is 69.7 cm³/mol. The fourth-order valence-corrected chi connectivity index (χ4v) is 1.84. The number of rotatable bonds is 4. The first-order valence-corrected chi connectivity index (χ1v) is 5.87. The van der Waals surface area contributed by atoms with Crippen LogP contribution in [0.3, 0.4) is 0 Å². The number of imidazole rings is 1. The van der Waals surface area contributed by atoms with E-state index >= 15 is 0 Å². The molecule has 19 heavy (non-hydrogen) atoms. The van der Waals surface area contributed by atoms with Gasteiger partial charge in [-0.25, -0.2) is 4.98 Å². The summed E-state index contributed by atoms with van der Waals surface area (Å²) in [6, 6.07) is 7.86. The highest BCUT2D eigenvalue weighted by molar-refractivity contribution is 5.60. The van der Waals surface area contributed by atoms with E-state index in [0.29, 0.717) is 6.54 Å². The largest absolute Gasteiger partial charge is 0.376 e. The number of hydrogen-bond acceptors (Lipinski definition) is 5. The standard InChI is InChI=1S/C12H13N7/c1-18-7-6-13-12(18)8-14-10-4-2-3-5-11(10)19-9-15-16-17-19/h2-7,9,14H,8H2,1H3. The molecule has 0 fully saturated rings. The minimum Gasteiger partial charge on any atom is -0.376 e. The summed E-state index contributed by atoms with van der Waals surface area (Å²) in [5.41, 5.74) is 1.86. The third kappa shape index (κ3) is 2.30. The molecule has 0 aliphatic heterocycles. The number of hydrogen-bond donors (Lipinski definition) is 1. The molecule has 3 rings (SSSR count). The molecule has 0 unspecified atom stereocenters. The van der Waals surface area contributed by atoms with Gasteiger partial charge in [0, 0.05) is 19.4 Å². The van der Waals surface area contributed by atoms with Gasteiger partial charge < -0.3 is 9.88 Å². The third-order valence-electron chi connectivity index (χ3n) is 2.86. The molecule has 0 aliphatic rings. The quantitative estimate of drug-likeness (QED) is 0.753. The number of para-hydroxylation sites is 2. The maximum Gasteiger partial charge on any atom is 0.143 e. The highest BCUT2D eigenvalue weighted by Crippen LogP contribution is 2.18. The van der Waals surface area contributed by atoms with Gasteiger partial charge in [-0.05, 0) is 22.6 Å². The van der Waals surface area contributed by atoms with Crippen LogP contribution in [0, 0.1) is 0 Å². The molecule has 2 aromatic heterocycles. The molecule has 7 nitrogen and oxygen atoms in total. The molecule has 0 spiro atoms. The zero-order valence-corrected chi connectivity index (χ0v) is 10.4. The lowest BCUT2D eigenvalue weighted by atomic mass is 10.2. The molecule has 3 aromatic rings. The van der Waals surface area contributed by atoms with Gasteiger partial charge in [0.1, 0.15) is 12.2 Å². The molecule has 96 valence electrons. The number of aromatic nitrogens is 6. The monoisotopic (exact) mass is 255 g/mol. The van der Waals surface area contributed by atoms with Crippen molar-refractivity contribution in [1.29, 1.82) is 0 Å². The number of aryl methyl sites for hydroxylation is 1. The van der Waals surface area contributed by atoms with Gasteiger partial charge in [-0.1, -0.05) is 12.1 Å². The molecule has 0 saturated carbocycles. The van der Waals surface area contributed by atoms with Crippen molar-refractivity contribution in [3.63, 3.8) is 0 Å². The topological polar surface area (TPSA) is 73.5 Å². The van der Waals surface area contributed by atoms with Crippen molar-refractivity contribution in [2.24, 2.45) is 7.05 Å². The predicted octanol–water partition coefficient (Wildman–Crippen LogP) is 1.01. The zero-order valence-electron chi connectivity index (χ0n) is 10.4. The normalized spacial score (nSPS) is 10.6. The fourth-order valence-electron chi connectivity index (χ4n) is 1.84. The van der Waals surface area contributed by atoms with Gasteiger partial charge >= 0.3 is 0 Å². The average Bonchev–Trinajstić information content (AvgIpc) is 3.08. The summed E-state index contributed by atoms with van der Waals surface area (Å²) in [6.45, 7) is 0.642. The third-order valence-corrected chi connectivity index (χ3v) is 2.86. The average molecular weight is 255 g/mol. The lowest BCUT2D eigenvalue weighted by Gasteiger charge is -2.10. The molecule has 0 amide bonds. The SMILES string of the molecule is Cn1ccnc1CNc1ccccc1-n1cnnn1. The van der Waals surface area contributed by atoms with Gasteiger partial charge in [-0.15, -0.1) is 5.10 Å². The molecule has 0 radical (unpaired) electrons. The Kier molecular flexibility index (Phi) is 2.93. The first-order chi connectivity index (χ1) is 9.34. The van der Waals surface area contributed by atoms with Crippen LogP contribution >= 0.6 is 0 Å². The highest BCUT2D eigenvalue weighted by atomic mass is 15.5. The molecule has 1 N–H and O–H groups in total. The maximum absolute atomic E-state index is 4.28. The number of tetrazole rings is 1. The van der Waals surface area contributed by atoms with E-state index in [1.165, 1.54) is 0 Å². The van der Waals surface area contributed by atoms with Gasteiger partial charge in [0.2, 0.25) is 0 Å². The van der Waals surface area contributed by atoms with Gasteiger partial charge in [0.05, 0.1) is 17.9 Å². The Balaban J connectivity index is 1.84.